The van der Waals surface area contributed by atoms with Gasteiger partial charge < -0.3 is 9.47 Å². The standard InChI is InChI=1S/C9H10O3/c1-3-4-7-12-8-5-6-9(10)11-2/h7-8H2,1-2H3. The van der Waals surface area contributed by atoms with E-state index in [9.17, 15) is 4.79 Å². The average Bonchev–Trinajstić information content (AvgIpc) is 2.10. The second-order valence-electron chi connectivity index (χ2n) is 1.71. The summed E-state index contributed by atoms with van der Waals surface area (Å²) < 4.78 is 9.20. The first-order valence-corrected chi connectivity index (χ1v) is 3.35. The molecule has 0 bridgehead atoms. The predicted molar refractivity (Wildman–Crippen MR) is 44.1 cm³/mol. The fourth-order valence-corrected chi connectivity index (χ4v) is 0.385. The molecule has 0 aliphatic heterocycles. The zero-order valence-electron chi connectivity index (χ0n) is 7.14. The summed E-state index contributed by atoms with van der Waals surface area (Å²) in [7, 11) is 1.28. The molecule has 0 aromatic rings. The number of carbonyl (C=O) groups is 1. The minimum absolute atomic E-state index is 0.198. The summed E-state index contributed by atoms with van der Waals surface area (Å²) in [5.74, 6) is 9.51. The number of methoxy groups -OCH3 is 1. The minimum Gasteiger partial charge on any atom is -0.459 e. The molecular weight excluding hydrogens is 156 g/mol. The Kier molecular flexibility index (Phi) is 6.73. The van der Waals surface area contributed by atoms with Crippen LogP contribution in [0.3, 0.4) is 0 Å². The quantitative estimate of drug-likeness (QED) is 0.254. The van der Waals surface area contributed by atoms with E-state index in [2.05, 4.69) is 28.4 Å². The Hall–Kier alpha value is -1.45. The summed E-state index contributed by atoms with van der Waals surface area (Å²) in [5, 5.41) is 0. The predicted octanol–water partition coefficient (Wildman–Crippen LogP) is 0.203. The molecule has 0 saturated carbocycles. The van der Waals surface area contributed by atoms with Gasteiger partial charge in [-0.1, -0.05) is 11.8 Å². The molecule has 3 nitrogen and oxygen atoms in total. The van der Waals surface area contributed by atoms with Crippen LogP contribution in [0.2, 0.25) is 0 Å². The van der Waals surface area contributed by atoms with Crippen LogP contribution in [-0.2, 0) is 14.3 Å². The van der Waals surface area contributed by atoms with E-state index in [1.165, 1.54) is 7.11 Å². The molecule has 0 fully saturated rings. The molecule has 0 aliphatic carbocycles. The Labute approximate surface area is 72.0 Å². The third-order valence-electron chi connectivity index (χ3n) is 0.901. The van der Waals surface area contributed by atoms with Crippen molar-refractivity contribution in [1.82, 2.24) is 0 Å². The molecule has 64 valence electrons. The smallest absolute Gasteiger partial charge is 0.384 e. The molecule has 0 N–H and O–H groups in total. The van der Waals surface area contributed by atoms with Crippen LogP contribution < -0.4 is 0 Å². The van der Waals surface area contributed by atoms with Crippen molar-refractivity contribution < 1.29 is 14.3 Å². The normalized spacial score (nSPS) is 7.17. The third-order valence-corrected chi connectivity index (χ3v) is 0.901. The fourth-order valence-electron chi connectivity index (χ4n) is 0.385. The van der Waals surface area contributed by atoms with Gasteiger partial charge in [0.25, 0.3) is 0 Å². The van der Waals surface area contributed by atoms with Crippen molar-refractivity contribution in [2.24, 2.45) is 0 Å². The molecule has 0 aromatic carbocycles. The summed E-state index contributed by atoms with van der Waals surface area (Å²) in [6, 6.07) is 0. The van der Waals surface area contributed by atoms with Gasteiger partial charge >= 0.3 is 5.97 Å². The second-order valence-corrected chi connectivity index (χ2v) is 1.71. The van der Waals surface area contributed by atoms with E-state index in [1.54, 1.807) is 6.92 Å². The number of ether oxygens (including phenoxy) is 2. The van der Waals surface area contributed by atoms with Gasteiger partial charge in [-0.05, 0) is 6.92 Å². The molecule has 12 heavy (non-hydrogen) atoms. The zero-order chi connectivity index (χ0) is 9.23. The van der Waals surface area contributed by atoms with E-state index >= 15 is 0 Å². The topological polar surface area (TPSA) is 35.5 Å². The van der Waals surface area contributed by atoms with Crippen LogP contribution in [-0.4, -0.2) is 26.3 Å². The fraction of sp³-hybridized carbons (Fsp3) is 0.444. The minimum atomic E-state index is -0.555. The molecule has 0 heterocycles. The number of carbonyl (C=O) groups excluding carboxylic acids is 1. The highest BCUT2D eigenvalue weighted by Crippen LogP contribution is 1.72. The Morgan fingerprint density at radius 3 is 2.58 bits per heavy atom. The van der Waals surface area contributed by atoms with Gasteiger partial charge in [-0.25, -0.2) is 4.79 Å². The van der Waals surface area contributed by atoms with Crippen molar-refractivity contribution in [3.63, 3.8) is 0 Å². The van der Waals surface area contributed by atoms with Crippen LogP contribution in [0.4, 0.5) is 0 Å². The zero-order valence-corrected chi connectivity index (χ0v) is 7.14. The van der Waals surface area contributed by atoms with Crippen LogP contribution in [0, 0.1) is 23.7 Å². The maximum absolute atomic E-state index is 10.4. The molecule has 0 radical (unpaired) electrons. The highest BCUT2D eigenvalue weighted by molar-refractivity contribution is 5.88. The Bertz CT molecular complexity index is 246. The van der Waals surface area contributed by atoms with E-state index in [4.69, 9.17) is 4.74 Å². The number of esters is 1. The lowest BCUT2D eigenvalue weighted by atomic mass is 10.6. The molecule has 0 spiro atoms. The molecule has 0 aliphatic rings. The number of hydrogen-bond donors (Lipinski definition) is 0. The molecular formula is C9H10O3. The lowest BCUT2D eigenvalue weighted by Crippen LogP contribution is -1.96. The van der Waals surface area contributed by atoms with Crippen LogP contribution in [0.25, 0.3) is 0 Å². The van der Waals surface area contributed by atoms with Crippen molar-refractivity contribution in [1.29, 1.82) is 0 Å². The van der Waals surface area contributed by atoms with Gasteiger partial charge in [0, 0.05) is 5.92 Å². The Morgan fingerprint density at radius 2 is 2.00 bits per heavy atom. The molecule has 0 saturated heterocycles. The molecule has 0 rings (SSSR count). The van der Waals surface area contributed by atoms with Gasteiger partial charge in [-0.3, -0.25) is 0 Å². The Morgan fingerprint density at radius 1 is 1.33 bits per heavy atom. The first kappa shape index (κ1) is 10.6. The first-order chi connectivity index (χ1) is 5.81. The lowest BCUT2D eigenvalue weighted by Gasteiger charge is -1.88. The monoisotopic (exact) mass is 166 g/mol. The number of hydrogen-bond acceptors (Lipinski definition) is 3. The van der Waals surface area contributed by atoms with Gasteiger partial charge in [0.1, 0.15) is 13.2 Å². The summed E-state index contributed by atoms with van der Waals surface area (Å²) in [6.45, 7) is 2.26. The molecule has 3 heteroatoms. The number of rotatable bonds is 2. The highest BCUT2D eigenvalue weighted by Gasteiger charge is 1.87. The molecule has 0 unspecified atom stereocenters. The highest BCUT2D eigenvalue weighted by atomic mass is 16.5. The van der Waals surface area contributed by atoms with E-state index in [-0.39, 0.29) is 6.61 Å². The van der Waals surface area contributed by atoms with Gasteiger partial charge in [0.05, 0.1) is 7.11 Å². The van der Waals surface area contributed by atoms with Crippen LogP contribution in [0.5, 0.6) is 0 Å². The van der Waals surface area contributed by atoms with Crippen molar-refractivity contribution in [2.75, 3.05) is 20.3 Å². The van der Waals surface area contributed by atoms with Crippen molar-refractivity contribution >= 4 is 5.97 Å². The molecule has 0 aromatic heterocycles. The van der Waals surface area contributed by atoms with Crippen LogP contribution in [0.1, 0.15) is 6.92 Å². The summed E-state index contributed by atoms with van der Waals surface area (Å²) in [6.07, 6.45) is 0. The van der Waals surface area contributed by atoms with Crippen molar-refractivity contribution in [2.45, 2.75) is 6.92 Å². The maximum Gasteiger partial charge on any atom is 0.384 e. The second kappa shape index (κ2) is 7.65. The van der Waals surface area contributed by atoms with Crippen LogP contribution >= 0.6 is 0 Å². The SMILES string of the molecule is CC#CCOCC#CC(=O)OC. The largest absolute Gasteiger partial charge is 0.459 e. The third kappa shape index (κ3) is 6.67. The molecule has 0 atom stereocenters. The summed E-state index contributed by atoms with van der Waals surface area (Å²) in [4.78, 5) is 10.4. The summed E-state index contributed by atoms with van der Waals surface area (Å²) in [5.41, 5.74) is 0. The molecule has 0 amide bonds. The average molecular weight is 166 g/mol. The van der Waals surface area contributed by atoms with Gasteiger partial charge in [-0.2, -0.15) is 0 Å². The van der Waals surface area contributed by atoms with Gasteiger partial charge in [0.2, 0.25) is 0 Å². The van der Waals surface area contributed by atoms with Crippen LogP contribution in [0.15, 0.2) is 0 Å². The van der Waals surface area contributed by atoms with Crippen molar-refractivity contribution in [3.8, 4) is 23.7 Å². The van der Waals surface area contributed by atoms with E-state index in [0.717, 1.165) is 0 Å². The van der Waals surface area contributed by atoms with E-state index < -0.39 is 5.97 Å². The maximum atomic E-state index is 10.4. The van der Waals surface area contributed by atoms with Gasteiger partial charge in [-0.15, -0.1) is 5.92 Å². The van der Waals surface area contributed by atoms with Crippen molar-refractivity contribution in [3.05, 3.63) is 0 Å². The first-order valence-electron chi connectivity index (χ1n) is 3.35. The van der Waals surface area contributed by atoms with E-state index in [0.29, 0.717) is 6.61 Å². The van der Waals surface area contributed by atoms with Gasteiger partial charge in [0.15, 0.2) is 0 Å². The Balaban J connectivity index is 3.43. The lowest BCUT2D eigenvalue weighted by molar-refractivity contribution is -0.133. The summed E-state index contributed by atoms with van der Waals surface area (Å²) >= 11 is 0. The van der Waals surface area contributed by atoms with E-state index in [1.807, 2.05) is 0 Å².